The predicted molar refractivity (Wildman–Crippen MR) is 86.8 cm³/mol. The number of nitriles is 1. The molecule has 1 saturated heterocycles. The fourth-order valence-electron chi connectivity index (χ4n) is 3.08. The number of anilines is 2. The first-order valence-electron chi connectivity index (χ1n) is 7.63. The predicted octanol–water partition coefficient (Wildman–Crippen LogP) is 2.59. The van der Waals surface area contributed by atoms with Gasteiger partial charge in [-0.3, -0.25) is 0 Å². The molecule has 0 N–H and O–H groups in total. The molecule has 1 aromatic heterocycles. The summed E-state index contributed by atoms with van der Waals surface area (Å²) in [6.07, 6.45) is 5.19. The second-order valence-electron chi connectivity index (χ2n) is 5.67. The minimum atomic E-state index is -0.339. The molecule has 1 aliphatic rings. The van der Waals surface area contributed by atoms with Gasteiger partial charge in [-0.05, 0) is 31.0 Å². The van der Waals surface area contributed by atoms with Crippen molar-refractivity contribution in [3.8, 4) is 6.07 Å². The molecule has 1 aromatic carbocycles. The Morgan fingerprint density at radius 1 is 1.39 bits per heavy atom. The summed E-state index contributed by atoms with van der Waals surface area (Å²) in [6.45, 7) is 1.42. The molecule has 1 unspecified atom stereocenters. The number of hydrogen-bond donors (Lipinski definition) is 0. The molecule has 5 nitrogen and oxygen atoms in total. The smallest absolute Gasteiger partial charge is 0.147 e. The zero-order valence-electron chi connectivity index (χ0n) is 13.0. The summed E-state index contributed by atoms with van der Waals surface area (Å²) in [5, 5.41) is 9.26. The van der Waals surface area contributed by atoms with Crippen LogP contribution in [0.2, 0.25) is 0 Å². The molecule has 0 amide bonds. The van der Waals surface area contributed by atoms with Crippen molar-refractivity contribution >= 4 is 11.5 Å². The van der Waals surface area contributed by atoms with Crippen molar-refractivity contribution in [2.24, 2.45) is 0 Å². The molecule has 118 valence electrons. The largest absolute Gasteiger partial charge is 0.366 e. The van der Waals surface area contributed by atoms with Crippen molar-refractivity contribution in [2.45, 2.75) is 18.9 Å². The van der Waals surface area contributed by atoms with Crippen LogP contribution < -0.4 is 9.80 Å². The van der Waals surface area contributed by atoms with Crippen LogP contribution in [-0.4, -0.2) is 36.1 Å². The summed E-state index contributed by atoms with van der Waals surface area (Å²) in [5.41, 5.74) is 0.797. The molecule has 6 heteroatoms. The fraction of sp³-hybridized carbons (Fsp3) is 0.353. The molecule has 0 spiro atoms. The lowest BCUT2D eigenvalue weighted by molar-refractivity contribution is 0.479. The number of nitrogens with zero attached hydrogens (tertiary/aromatic N) is 5. The Kier molecular flexibility index (Phi) is 4.38. The van der Waals surface area contributed by atoms with Crippen molar-refractivity contribution < 1.29 is 4.39 Å². The summed E-state index contributed by atoms with van der Waals surface area (Å²) in [7, 11) is 1.99. The highest BCUT2D eigenvalue weighted by molar-refractivity contribution is 5.61. The molecular formula is C17H18FN5. The third-order valence-corrected chi connectivity index (χ3v) is 4.30. The van der Waals surface area contributed by atoms with E-state index in [1.807, 2.05) is 18.0 Å². The highest BCUT2D eigenvalue weighted by Gasteiger charge is 2.27. The number of para-hydroxylation sites is 1. The van der Waals surface area contributed by atoms with E-state index in [2.05, 4.69) is 20.9 Å². The minimum Gasteiger partial charge on any atom is -0.366 e. The lowest BCUT2D eigenvalue weighted by Gasteiger charge is -2.39. The van der Waals surface area contributed by atoms with Crippen molar-refractivity contribution in [2.75, 3.05) is 29.9 Å². The fourth-order valence-corrected chi connectivity index (χ4v) is 3.08. The van der Waals surface area contributed by atoms with Gasteiger partial charge >= 0.3 is 0 Å². The topological polar surface area (TPSA) is 56.1 Å². The van der Waals surface area contributed by atoms with E-state index in [4.69, 9.17) is 0 Å². The van der Waals surface area contributed by atoms with Gasteiger partial charge in [0.25, 0.3) is 0 Å². The molecule has 0 aliphatic carbocycles. The highest BCUT2D eigenvalue weighted by atomic mass is 19.1. The summed E-state index contributed by atoms with van der Waals surface area (Å²) in [5.74, 6) is 0.510. The average molecular weight is 311 g/mol. The van der Waals surface area contributed by atoms with E-state index in [-0.39, 0.29) is 11.9 Å². The van der Waals surface area contributed by atoms with Crippen LogP contribution in [0.25, 0.3) is 0 Å². The van der Waals surface area contributed by atoms with Gasteiger partial charge in [0.1, 0.15) is 24.0 Å². The van der Waals surface area contributed by atoms with E-state index in [1.54, 1.807) is 18.3 Å². The maximum Gasteiger partial charge on any atom is 0.147 e. The summed E-state index contributed by atoms with van der Waals surface area (Å²) in [6, 6.07) is 8.82. The van der Waals surface area contributed by atoms with Gasteiger partial charge in [0, 0.05) is 32.4 Å². The summed E-state index contributed by atoms with van der Waals surface area (Å²) < 4.78 is 14.2. The number of aromatic nitrogens is 2. The first-order valence-corrected chi connectivity index (χ1v) is 7.63. The standard InChI is InChI=1S/C17H18FN5/c1-22(16-7-8-20-12-21-16)14-5-3-9-23(11-14)17-13(10-19)4-2-6-15(17)18/h2,4,6-8,12,14H,3,5,9,11H2,1H3. The van der Waals surface area contributed by atoms with Crippen LogP contribution in [0.4, 0.5) is 15.9 Å². The van der Waals surface area contributed by atoms with Gasteiger partial charge < -0.3 is 9.80 Å². The molecule has 23 heavy (non-hydrogen) atoms. The number of likely N-dealkylation sites (N-methyl/N-ethyl adjacent to an activating group) is 1. The molecule has 2 aromatic rings. The lowest BCUT2D eigenvalue weighted by atomic mass is 10.0. The van der Waals surface area contributed by atoms with Gasteiger partial charge in [-0.1, -0.05) is 6.07 Å². The zero-order valence-corrected chi connectivity index (χ0v) is 13.0. The van der Waals surface area contributed by atoms with Crippen LogP contribution >= 0.6 is 0 Å². The van der Waals surface area contributed by atoms with E-state index >= 15 is 0 Å². The second kappa shape index (κ2) is 6.61. The Morgan fingerprint density at radius 3 is 3.00 bits per heavy atom. The van der Waals surface area contributed by atoms with Crippen molar-refractivity contribution in [3.05, 3.63) is 48.2 Å². The maximum absolute atomic E-state index is 14.2. The van der Waals surface area contributed by atoms with Crippen LogP contribution in [0.5, 0.6) is 0 Å². The molecule has 1 aliphatic heterocycles. The van der Waals surface area contributed by atoms with Crippen molar-refractivity contribution in [3.63, 3.8) is 0 Å². The van der Waals surface area contributed by atoms with E-state index in [1.165, 1.54) is 12.4 Å². The number of hydrogen-bond acceptors (Lipinski definition) is 5. The van der Waals surface area contributed by atoms with Gasteiger partial charge in [0.15, 0.2) is 0 Å². The number of benzene rings is 1. The Bertz CT molecular complexity index is 713. The maximum atomic E-state index is 14.2. The van der Waals surface area contributed by atoms with Crippen LogP contribution in [0.15, 0.2) is 36.8 Å². The van der Waals surface area contributed by atoms with Gasteiger partial charge in [-0.2, -0.15) is 5.26 Å². The molecule has 0 saturated carbocycles. The van der Waals surface area contributed by atoms with E-state index in [0.29, 0.717) is 17.8 Å². The second-order valence-corrected chi connectivity index (χ2v) is 5.67. The average Bonchev–Trinajstić information content (AvgIpc) is 2.61. The van der Waals surface area contributed by atoms with E-state index < -0.39 is 0 Å². The van der Waals surface area contributed by atoms with Crippen molar-refractivity contribution in [1.82, 2.24) is 9.97 Å². The monoisotopic (exact) mass is 311 g/mol. The third-order valence-electron chi connectivity index (χ3n) is 4.30. The molecule has 0 bridgehead atoms. The number of rotatable bonds is 3. The minimum absolute atomic E-state index is 0.213. The molecule has 1 atom stereocenters. The first kappa shape index (κ1) is 15.2. The van der Waals surface area contributed by atoms with E-state index in [9.17, 15) is 9.65 Å². The van der Waals surface area contributed by atoms with Crippen molar-refractivity contribution in [1.29, 1.82) is 5.26 Å². The normalized spacial score (nSPS) is 17.6. The molecule has 2 heterocycles. The molecule has 0 radical (unpaired) electrons. The van der Waals surface area contributed by atoms with Crippen LogP contribution in [0.1, 0.15) is 18.4 Å². The summed E-state index contributed by atoms with van der Waals surface area (Å²) in [4.78, 5) is 12.3. The highest BCUT2D eigenvalue weighted by Crippen LogP contribution is 2.28. The SMILES string of the molecule is CN(c1ccncn1)C1CCCN(c2c(F)cccc2C#N)C1. The van der Waals surface area contributed by atoms with Crippen LogP contribution in [-0.2, 0) is 0 Å². The number of halogens is 1. The van der Waals surface area contributed by atoms with Crippen LogP contribution in [0, 0.1) is 17.1 Å². The Balaban J connectivity index is 1.83. The Morgan fingerprint density at radius 2 is 2.26 bits per heavy atom. The molecular weight excluding hydrogens is 293 g/mol. The van der Waals surface area contributed by atoms with Gasteiger partial charge in [0.05, 0.1) is 11.3 Å². The number of piperidine rings is 1. The first-order chi connectivity index (χ1) is 11.2. The zero-order chi connectivity index (χ0) is 16.2. The Hall–Kier alpha value is -2.68. The molecule has 1 fully saturated rings. The Labute approximate surface area is 135 Å². The van der Waals surface area contributed by atoms with E-state index in [0.717, 1.165) is 25.2 Å². The summed E-state index contributed by atoms with van der Waals surface area (Å²) >= 11 is 0. The third kappa shape index (κ3) is 3.09. The van der Waals surface area contributed by atoms with Gasteiger partial charge in [0.2, 0.25) is 0 Å². The van der Waals surface area contributed by atoms with Crippen LogP contribution in [0.3, 0.4) is 0 Å². The van der Waals surface area contributed by atoms with Gasteiger partial charge in [-0.15, -0.1) is 0 Å². The lowest BCUT2D eigenvalue weighted by Crippen LogP contribution is -2.47. The quantitative estimate of drug-likeness (QED) is 0.872. The molecule has 3 rings (SSSR count). The van der Waals surface area contributed by atoms with Gasteiger partial charge in [-0.25, -0.2) is 14.4 Å².